The Bertz CT molecular complexity index is 610. The van der Waals surface area contributed by atoms with E-state index in [2.05, 4.69) is 69.2 Å². The molecule has 0 nitrogen and oxygen atoms in total. The van der Waals surface area contributed by atoms with Gasteiger partial charge in [0.1, 0.15) is 0 Å². The first-order valence-electron chi connectivity index (χ1n) is 9.12. The molecule has 0 N–H and O–H groups in total. The standard InChI is InChI=1S/2C11H17.Zr/c2*1-6-11(5)7-8(2)9(3)10(11)4;/h2*6H2,1-5H3;. The van der Waals surface area contributed by atoms with E-state index < -0.39 is 23.2 Å². The zero-order valence-corrected chi connectivity index (χ0v) is 19.4. The normalized spacial score (nSPS) is 31.9. The van der Waals surface area contributed by atoms with Gasteiger partial charge < -0.3 is 0 Å². The first-order chi connectivity index (χ1) is 10.6. The molecule has 0 aliphatic heterocycles. The fourth-order valence-corrected chi connectivity index (χ4v) is 10.0. The Morgan fingerprint density at radius 3 is 1.17 bits per heavy atom. The van der Waals surface area contributed by atoms with Crippen molar-refractivity contribution in [3.63, 3.8) is 0 Å². The molecule has 126 valence electrons. The van der Waals surface area contributed by atoms with Crippen molar-refractivity contribution < 1.29 is 23.2 Å². The Morgan fingerprint density at radius 2 is 0.913 bits per heavy atom. The molecule has 0 heterocycles. The van der Waals surface area contributed by atoms with Crippen molar-refractivity contribution in [1.29, 1.82) is 0 Å². The van der Waals surface area contributed by atoms with Crippen LogP contribution in [0.1, 0.15) is 82.1 Å². The summed E-state index contributed by atoms with van der Waals surface area (Å²) in [6.45, 7) is 23.9. The Labute approximate surface area is 155 Å². The summed E-state index contributed by atoms with van der Waals surface area (Å²) < 4.78 is 3.69. The molecule has 0 saturated heterocycles. The van der Waals surface area contributed by atoms with Crippen molar-refractivity contribution in [3.8, 4) is 0 Å². The molecule has 0 amide bonds. The van der Waals surface area contributed by atoms with Crippen LogP contribution in [0.3, 0.4) is 0 Å². The molecule has 0 radical (unpaired) electrons. The molecule has 2 aliphatic carbocycles. The molecular weight excluding hydrogens is 355 g/mol. The summed E-state index contributed by atoms with van der Waals surface area (Å²) in [6.07, 6.45) is 2.48. The summed E-state index contributed by atoms with van der Waals surface area (Å²) in [6, 6.07) is 0. The summed E-state index contributed by atoms with van der Waals surface area (Å²) >= 11 is -0.762. The van der Waals surface area contributed by atoms with Crippen LogP contribution in [0.25, 0.3) is 0 Å². The van der Waals surface area contributed by atoms with E-state index in [9.17, 15) is 0 Å². The van der Waals surface area contributed by atoms with Crippen molar-refractivity contribution in [3.05, 3.63) is 40.0 Å². The summed E-state index contributed by atoms with van der Waals surface area (Å²) in [4.78, 5) is 0. The van der Waals surface area contributed by atoms with E-state index in [-0.39, 0.29) is 0 Å². The third-order valence-corrected chi connectivity index (χ3v) is 13.2. The molecule has 1 heteroatoms. The molecule has 0 aromatic heterocycles. The second kappa shape index (κ2) is 6.29. The minimum absolute atomic E-state index is 0.326. The SMILES string of the molecule is CCC1(C)C(C)=C(C)C(C)=[C]1[Zr][C]1=C(C)C(C)=C(C)C1(C)CC. The molecule has 23 heavy (non-hydrogen) atoms. The van der Waals surface area contributed by atoms with Crippen LogP contribution in [0.15, 0.2) is 40.0 Å². The van der Waals surface area contributed by atoms with Gasteiger partial charge >= 0.3 is 156 Å². The predicted octanol–water partition coefficient (Wildman–Crippen LogP) is 7.15. The third kappa shape index (κ3) is 2.57. The van der Waals surface area contributed by atoms with Crippen LogP contribution >= 0.6 is 0 Å². The molecule has 0 spiro atoms. The van der Waals surface area contributed by atoms with Gasteiger partial charge in [-0.05, 0) is 0 Å². The van der Waals surface area contributed by atoms with Crippen LogP contribution < -0.4 is 0 Å². The zero-order valence-electron chi connectivity index (χ0n) is 16.9. The van der Waals surface area contributed by atoms with Gasteiger partial charge in [0, 0.05) is 0 Å². The van der Waals surface area contributed by atoms with Crippen LogP contribution in [-0.4, -0.2) is 0 Å². The maximum absolute atomic E-state index is 2.50. The van der Waals surface area contributed by atoms with Gasteiger partial charge in [-0.15, -0.1) is 0 Å². The van der Waals surface area contributed by atoms with Crippen molar-refractivity contribution in [1.82, 2.24) is 0 Å². The average Bonchev–Trinajstić information content (AvgIpc) is 2.81. The Kier molecular flexibility index (Phi) is 5.24. The summed E-state index contributed by atoms with van der Waals surface area (Å²) in [5.74, 6) is 0. The minimum atomic E-state index is -0.762. The van der Waals surface area contributed by atoms with Gasteiger partial charge in [0.2, 0.25) is 0 Å². The number of rotatable bonds is 4. The third-order valence-electron chi connectivity index (χ3n) is 7.42. The van der Waals surface area contributed by atoms with Crippen LogP contribution in [-0.2, 0) is 23.2 Å². The molecule has 0 bridgehead atoms. The van der Waals surface area contributed by atoms with Gasteiger partial charge in [-0.3, -0.25) is 0 Å². The Hall–Kier alpha value is -0.157. The van der Waals surface area contributed by atoms with Crippen molar-refractivity contribution >= 4 is 0 Å². The Balaban J connectivity index is 2.52. The molecular formula is C22H34Zr. The fourth-order valence-electron chi connectivity index (χ4n) is 4.44. The van der Waals surface area contributed by atoms with Crippen molar-refractivity contribution in [2.24, 2.45) is 10.8 Å². The molecule has 0 fully saturated rings. The number of allylic oxidation sites excluding steroid dienone is 8. The quantitative estimate of drug-likeness (QED) is 0.479. The van der Waals surface area contributed by atoms with Crippen molar-refractivity contribution in [2.45, 2.75) is 82.1 Å². The molecule has 2 unspecified atom stereocenters. The van der Waals surface area contributed by atoms with Crippen LogP contribution in [0.4, 0.5) is 0 Å². The first-order valence-corrected chi connectivity index (χ1v) is 11.6. The van der Waals surface area contributed by atoms with Crippen molar-refractivity contribution in [2.75, 3.05) is 0 Å². The van der Waals surface area contributed by atoms with E-state index in [0.717, 1.165) is 0 Å². The van der Waals surface area contributed by atoms with Gasteiger partial charge in [0.25, 0.3) is 0 Å². The number of hydrogen-bond acceptors (Lipinski definition) is 0. The van der Waals surface area contributed by atoms with E-state index in [1.165, 1.54) is 12.8 Å². The van der Waals surface area contributed by atoms with Crippen LogP contribution in [0.5, 0.6) is 0 Å². The summed E-state index contributed by atoms with van der Waals surface area (Å²) in [5, 5.41) is 0. The molecule has 2 aliphatic rings. The second-order valence-corrected chi connectivity index (χ2v) is 11.1. The molecule has 0 aromatic carbocycles. The predicted molar refractivity (Wildman–Crippen MR) is 98.9 cm³/mol. The van der Waals surface area contributed by atoms with E-state index in [0.29, 0.717) is 10.8 Å². The molecule has 2 rings (SSSR count). The summed E-state index contributed by atoms with van der Waals surface area (Å²) in [7, 11) is 0. The zero-order chi connectivity index (χ0) is 17.7. The monoisotopic (exact) mass is 388 g/mol. The van der Waals surface area contributed by atoms with Gasteiger partial charge in [0.15, 0.2) is 0 Å². The van der Waals surface area contributed by atoms with E-state index in [1.807, 2.05) is 6.56 Å². The van der Waals surface area contributed by atoms with Crippen LogP contribution in [0, 0.1) is 10.8 Å². The number of hydrogen-bond donors (Lipinski definition) is 0. The van der Waals surface area contributed by atoms with Gasteiger partial charge in [0.05, 0.1) is 0 Å². The van der Waals surface area contributed by atoms with E-state index >= 15 is 0 Å². The van der Waals surface area contributed by atoms with Gasteiger partial charge in [-0.1, -0.05) is 0 Å². The molecule has 0 aromatic rings. The van der Waals surface area contributed by atoms with E-state index in [1.54, 1.807) is 33.4 Å². The molecule has 2 atom stereocenters. The molecule has 0 saturated carbocycles. The first kappa shape index (κ1) is 19.2. The van der Waals surface area contributed by atoms with Crippen LogP contribution in [0.2, 0.25) is 0 Å². The van der Waals surface area contributed by atoms with Gasteiger partial charge in [-0.25, -0.2) is 0 Å². The topological polar surface area (TPSA) is 0 Å². The maximum atomic E-state index is 2.50. The van der Waals surface area contributed by atoms with E-state index in [4.69, 9.17) is 0 Å². The Morgan fingerprint density at radius 1 is 0.609 bits per heavy atom. The average molecular weight is 390 g/mol. The fraction of sp³-hybridized carbons (Fsp3) is 0.636. The summed E-state index contributed by atoms with van der Waals surface area (Å²) in [5.41, 5.74) is 10.3. The van der Waals surface area contributed by atoms with Gasteiger partial charge in [-0.2, -0.15) is 0 Å². The second-order valence-electron chi connectivity index (χ2n) is 8.00.